The Morgan fingerprint density at radius 2 is 1.89 bits per heavy atom. The number of nitrogens with zero attached hydrogens (tertiary/aromatic N) is 4. The quantitative estimate of drug-likeness (QED) is 0.252. The highest BCUT2D eigenvalue weighted by molar-refractivity contribution is 6.35. The summed E-state index contributed by atoms with van der Waals surface area (Å²) in [5, 5.41) is 15.5. The van der Waals surface area contributed by atoms with Crippen LogP contribution in [0.15, 0.2) is 30.3 Å². The Morgan fingerprint density at radius 3 is 2.57 bits per heavy atom. The van der Waals surface area contributed by atoms with Gasteiger partial charge in [-0.1, -0.05) is 23.6 Å². The number of piperazine rings is 1. The number of phenolic OH excluding ortho intramolecular Hbond substituents is 1. The van der Waals surface area contributed by atoms with Gasteiger partial charge in [0.05, 0.1) is 17.2 Å². The van der Waals surface area contributed by atoms with Gasteiger partial charge in [0.15, 0.2) is 5.82 Å². The molecule has 1 aliphatic carbocycles. The minimum absolute atomic E-state index is 0.0189. The summed E-state index contributed by atoms with van der Waals surface area (Å²) in [6.45, 7) is 5.14. The third-order valence-electron chi connectivity index (χ3n) is 9.80. The lowest BCUT2D eigenvalue weighted by molar-refractivity contribution is 0.111. The summed E-state index contributed by atoms with van der Waals surface area (Å²) in [6, 6.07) is 7.99. The summed E-state index contributed by atoms with van der Waals surface area (Å²) in [5.74, 6) is 1.52. The van der Waals surface area contributed by atoms with E-state index in [9.17, 15) is 9.50 Å². The van der Waals surface area contributed by atoms with Gasteiger partial charge in [0.25, 0.3) is 0 Å². The first-order valence-corrected chi connectivity index (χ1v) is 15.7. The molecule has 2 unspecified atom stereocenters. The first-order chi connectivity index (χ1) is 21.3. The van der Waals surface area contributed by atoms with Crippen LogP contribution in [0.3, 0.4) is 0 Å². The maximum Gasteiger partial charge on any atom is 0.319 e. The smallest absolute Gasteiger partial charge is 0.319 e. The Bertz CT molecular complexity index is 1860. The van der Waals surface area contributed by atoms with E-state index in [0.717, 1.165) is 58.4 Å². The van der Waals surface area contributed by atoms with Crippen LogP contribution >= 0.6 is 11.6 Å². The average Bonchev–Trinajstić information content (AvgIpc) is 3.68. The highest BCUT2D eigenvalue weighted by Gasteiger charge is 2.46. The number of nitrogens with one attached hydrogen (secondary N) is 1. The molecule has 8 rings (SSSR count). The molecular weight excluding hydrogens is 584 g/mol. The van der Waals surface area contributed by atoms with Crippen LogP contribution in [0.1, 0.15) is 37.7 Å². The van der Waals surface area contributed by atoms with Crippen molar-refractivity contribution in [1.82, 2.24) is 20.2 Å². The summed E-state index contributed by atoms with van der Waals surface area (Å²) in [6.07, 6.45) is 11.2. The van der Waals surface area contributed by atoms with Crippen LogP contribution in [-0.2, 0) is 0 Å². The van der Waals surface area contributed by atoms with Crippen molar-refractivity contribution in [3.05, 3.63) is 52.6 Å². The van der Waals surface area contributed by atoms with E-state index < -0.39 is 11.6 Å². The first-order valence-electron chi connectivity index (χ1n) is 15.3. The lowest BCUT2D eigenvalue weighted by Crippen LogP contribution is -2.51. The van der Waals surface area contributed by atoms with Crippen LogP contribution < -0.4 is 15.0 Å². The van der Waals surface area contributed by atoms with Gasteiger partial charge in [0.2, 0.25) is 0 Å². The second-order valence-corrected chi connectivity index (χ2v) is 13.3. The largest absolute Gasteiger partial charge is 0.508 e. The molecule has 7 nitrogen and oxygen atoms in total. The van der Waals surface area contributed by atoms with Crippen LogP contribution in [0.5, 0.6) is 11.8 Å². The monoisotopic (exact) mass is 615 g/mol. The number of aromatic nitrogens is 2. The van der Waals surface area contributed by atoms with Gasteiger partial charge in [-0.05, 0) is 80.4 Å². The number of halogens is 3. The Labute approximate surface area is 259 Å². The van der Waals surface area contributed by atoms with E-state index in [0.29, 0.717) is 35.3 Å². The van der Waals surface area contributed by atoms with Gasteiger partial charge in [0, 0.05) is 53.5 Å². The molecule has 2 atom stereocenters. The normalized spacial score (nSPS) is 22.3. The summed E-state index contributed by atoms with van der Waals surface area (Å²) in [5.41, 5.74) is 0.264. The molecule has 0 radical (unpaired) electrons. The Hall–Kier alpha value is -3.71. The molecule has 1 saturated carbocycles. The summed E-state index contributed by atoms with van der Waals surface area (Å²) in [7, 11) is 0. The molecular formula is C34H32ClF2N5O2. The summed E-state index contributed by atoms with van der Waals surface area (Å²) >= 11 is 6.86. The molecule has 4 aliphatic rings. The highest BCUT2D eigenvalue weighted by atomic mass is 35.5. The number of terminal acetylenes is 1. The van der Waals surface area contributed by atoms with Gasteiger partial charge in [-0.25, -0.2) is 8.78 Å². The maximum absolute atomic E-state index is 16.9. The number of ether oxygens (including phenoxy) is 1. The zero-order valence-corrected chi connectivity index (χ0v) is 24.9. The molecule has 3 aliphatic heterocycles. The van der Waals surface area contributed by atoms with Crippen LogP contribution in [0.25, 0.3) is 32.8 Å². The lowest BCUT2D eigenvalue weighted by atomic mass is 9.93. The third-order valence-corrected chi connectivity index (χ3v) is 10.1. The molecule has 10 heteroatoms. The minimum Gasteiger partial charge on any atom is -0.508 e. The molecule has 44 heavy (non-hydrogen) atoms. The van der Waals surface area contributed by atoms with Crippen LogP contribution in [0.4, 0.5) is 14.6 Å². The highest BCUT2D eigenvalue weighted by Crippen LogP contribution is 2.48. The SMILES string of the molecule is C#Cc1c(F)ccc2cc(O)cc(-c3c(Cl)cc4c(N5CC6CCC(C5)N6)nc(OCC5(CN6CCC6)CC5)nc4c3F)c12. The van der Waals surface area contributed by atoms with Crippen molar-refractivity contribution in [2.24, 2.45) is 5.41 Å². The van der Waals surface area contributed by atoms with Gasteiger partial charge >= 0.3 is 6.01 Å². The number of hydrogen-bond acceptors (Lipinski definition) is 7. The summed E-state index contributed by atoms with van der Waals surface area (Å²) in [4.78, 5) is 14.1. The number of likely N-dealkylation sites (tertiary alicyclic amines) is 1. The second kappa shape index (κ2) is 10.4. The fourth-order valence-electron chi connectivity index (χ4n) is 7.20. The number of aromatic hydroxyl groups is 1. The van der Waals surface area contributed by atoms with Crippen molar-refractivity contribution in [3.63, 3.8) is 0 Å². The number of phenols is 1. The standard InChI is InChI=1S/C34H32ClF2N5O2/c1-2-23-27(36)7-4-19-12-22(43)13-24(28(19)23)29-26(35)14-25-31(30(29)37)39-33(44-18-34(8-9-34)17-41-10-3-11-41)40-32(25)42-15-20-5-6-21(16-42)38-20/h1,4,7,12-14,20-21,38,43H,3,5-6,8-11,15-18H2. The molecule has 3 saturated heterocycles. The molecule has 2 N–H and O–H groups in total. The second-order valence-electron chi connectivity index (χ2n) is 12.9. The number of hydrogen-bond donors (Lipinski definition) is 2. The average molecular weight is 616 g/mol. The van der Waals surface area contributed by atoms with E-state index in [4.69, 9.17) is 27.7 Å². The molecule has 0 amide bonds. The maximum atomic E-state index is 16.9. The van der Waals surface area contributed by atoms with Crippen molar-refractivity contribution in [2.75, 3.05) is 44.2 Å². The number of rotatable bonds is 7. The first kappa shape index (κ1) is 27.8. The van der Waals surface area contributed by atoms with Crippen molar-refractivity contribution in [3.8, 4) is 35.2 Å². The number of fused-ring (bicyclic) bond motifs is 4. The molecule has 2 bridgehead atoms. The number of anilines is 1. The summed E-state index contributed by atoms with van der Waals surface area (Å²) < 4.78 is 38.1. The van der Waals surface area contributed by atoms with Gasteiger partial charge in [0.1, 0.15) is 22.9 Å². The number of benzene rings is 3. The van der Waals surface area contributed by atoms with Crippen molar-refractivity contribution in [1.29, 1.82) is 0 Å². The molecule has 226 valence electrons. The van der Waals surface area contributed by atoms with Gasteiger partial charge < -0.3 is 25.0 Å². The third kappa shape index (κ3) is 4.71. The fourth-order valence-corrected chi connectivity index (χ4v) is 7.50. The van der Waals surface area contributed by atoms with Gasteiger partial charge in [-0.3, -0.25) is 0 Å². The molecule has 1 aromatic heterocycles. The van der Waals surface area contributed by atoms with E-state index in [1.165, 1.54) is 30.7 Å². The van der Waals surface area contributed by atoms with Gasteiger partial charge in [-0.15, -0.1) is 6.42 Å². The topological polar surface area (TPSA) is 73.8 Å². The molecule has 3 aromatic carbocycles. The Morgan fingerprint density at radius 1 is 1.11 bits per heavy atom. The zero-order chi connectivity index (χ0) is 30.2. The molecule has 4 fully saturated rings. The zero-order valence-electron chi connectivity index (χ0n) is 24.2. The molecule has 0 spiro atoms. The van der Waals surface area contributed by atoms with Crippen LogP contribution in [0, 0.1) is 29.4 Å². The van der Waals surface area contributed by atoms with Crippen molar-refractivity contribution in [2.45, 2.75) is 44.2 Å². The Kier molecular flexibility index (Phi) is 6.60. The minimum atomic E-state index is -0.708. The van der Waals surface area contributed by atoms with E-state index in [1.807, 2.05) is 0 Å². The lowest BCUT2D eigenvalue weighted by Gasteiger charge is -2.35. The van der Waals surface area contributed by atoms with Crippen LogP contribution in [-0.4, -0.2) is 71.4 Å². The Balaban J connectivity index is 1.28. The van der Waals surface area contributed by atoms with Gasteiger partial charge in [-0.2, -0.15) is 9.97 Å². The van der Waals surface area contributed by atoms with E-state index in [2.05, 4.69) is 26.0 Å². The predicted molar refractivity (Wildman–Crippen MR) is 167 cm³/mol. The van der Waals surface area contributed by atoms with Crippen molar-refractivity contribution >= 4 is 39.1 Å². The van der Waals surface area contributed by atoms with E-state index in [1.54, 1.807) is 6.07 Å². The molecule has 4 aromatic rings. The van der Waals surface area contributed by atoms with Crippen molar-refractivity contribution < 1.29 is 18.6 Å². The van der Waals surface area contributed by atoms with E-state index in [-0.39, 0.29) is 49.8 Å². The fraction of sp³-hybridized carbons (Fsp3) is 0.412. The van der Waals surface area contributed by atoms with Crippen LogP contribution in [0.2, 0.25) is 5.02 Å². The van der Waals surface area contributed by atoms with E-state index >= 15 is 4.39 Å². The molecule has 4 heterocycles. The predicted octanol–water partition coefficient (Wildman–Crippen LogP) is 5.87.